The Morgan fingerprint density at radius 1 is 0.930 bits per heavy atom. The van der Waals surface area contributed by atoms with Crippen molar-refractivity contribution < 1.29 is 4.74 Å². The van der Waals surface area contributed by atoms with Gasteiger partial charge in [0.05, 0.1) is 12.6 Å². The molecule has 0 spiro atoms. The van der Waals surface area contributed by atoms with Gasteiger partial charge in [-0.15, -0.1) is 11.3 Å². The van der Waals surface area contributed by atoms with Gasteiger partial charge in [0, 0.05) is 40.1 Å². The lowest BCUT2D eigenvalue weighted by molar-refractivity contribution is 0.212. The molecular formula is C38H37N3OS. The van der Waals surface area contributed by atoms with Crippen LogP contribution in [0, 0.1) is 23.3 Å². The maximum absolute atomic E-state index is 9.85. The van der Waals surface area contributed by atoms with E-state index in [-0.39, 0.29) is 11.1 Å². The first-order valence-corrected chi connectivity index (χ1v) is 16.1. The normalized spacial score (nSPS) is 19.2. The number of thiophene rings is 1. The zero-order valence-corrected chi connectivity index (χ0v) is 26.1. The summed E-state index contributed by atoms with van der Waals surface area (Å²) in [6.07, 6.45) is 10.6. The molecule has 1 aromatic heterocycles. The summed E-state index contributed by atoms with van der Waals surface area (Å²) < 4.78 is 6.71. The second-order valence-corrected chi connectivity index (χ2v) is 13.5. The first-order chi connectivity index (χ1) is 20.9. The van der Waals surface area contributed by atoms with Gasteiger partial charge in [0.1, 0.15) is 16.5 Å². The SMILES string of the molecule is [C-]#[N+]C(C#N)=C1C=C(C(C)(C)C)OC2=C1CCCC2=Cc1sc(N2CCCCC2)c(-c2ccccc2)c1-c1ccccc1. The van der Waals surface area contributed by atoms with Gasteiger partial charge in [-0.1, -0.05) is 81.4 Å². The summed E-state index contributed by atoms with van der Waals surface area (Å²) in [5, 5.41) is 11.2. The van der Waals surface area contributed by atoms with Crippen LogP contribution in [0.5, 0.6) is 0 Å². The highest BCUT2D eigenvalue weighted by atomic mass is 32.1. The van der Waals surface area contributed by atoms with Crippen LogP contribution < -0.4 is 4.90 Å². The van der Waals surface area contributed by atoms with Gasteiger partial charge in [-0.05, 0) is 73.0 Å². The van der Waals surface area contributed by atoms with Crippen molar-refractivity contribution in [2.75, 3.05) is 18.0 Å². The van der Waals surface area contributed by atoms with Gasteiger partial charge in [0.25, 0.3) is 5.70 Å². The Morgan fingerprint density at radius 2 is 1.58 bits per heavy atom. The molecule has 5 heteroatoms. The fourth-order valence-electron chi connectivity index (χ4n) is 6.26. The van der Waals surface area contributed by atoms with Gasteiger partial charge in [0.2, 0.25) is 0 Å². The number of anilines is 1. The third-order valence-electron chi connectivity index (χ3n) is 8.45. The van der Waals surface area contributed by atoms with Gasteiger partial charge >= 0.3 is 0 Å². The second kappa shape index (κ2) is 12.1. The molecule has 0 atom stereocenters. The molecule has 3 aliphatic rings. The molecule has 3 aromatic rings. The van der Waals surface area contributed by atoms with E-state index in [1.54, 1.807) is 0 Å². The molecule has 0 amide bonds. The molecule has 0 saturated carbocycles. The predicted molar refractivity (Wildman–Crippen MR) is 178 cm³/mol. The number of nitriles is 1. The van der Waals surface area contributed by atoms with Crippen LogP contribution in [0.3, 0.4) is 0 Å². The molecule has 2 aliphatic heterocycles. The van der Waals surface area contributed by atoms with Crippen molar-refractivity contribution >= 4 is 22.4 Å². The van der Waals surface area contributed by atoms with E-state index in [0.717, 1.165) is 60.6 Å². The summed E-state index contributed by atoms with van der Waals surface area (Å²) in [7, 11) is 0. The number of benzene rings is 2. The Bertz CT molecular complexity index is 1710. The Balaban J connectivity index is 1.59. The smallest absolute Gasteiger partial charge is 0.269 e. The van der Waals surface area contributed by atoms with Crippen molar-refractivity contribution in [1.29, 1.82) is 5.26 Å². The molecule has 1 saturated heterocycles. The van der Waals surface area contributed by atoms with Crippen LogP contribution in [0.2, 0.25) is 0 Å². The van der Waals surface area contributed by atoms with E-state index in [1.165, 1.54) is 51.4 Å². The van der Waals surface area contributed by atoms with E-state index in [9.17, 15) is 5.26 Å². The van der Waals surface area contributed by atoms with Crippen molar-refractivity contribution in [3.05, 3.63) is 117 Å². The minimum Gasteiger partial charge on any atom is -0.461 e. The molecule has 43 heavy (non-hydrogen) atoms. The van der Waals surface area contributed by atoms with Crippen LogP contribution in [0.25, 0.3) is 33.2 Å². The van der Waals surface area contributed by atoms with Gasteiger partial charge in [-0.25, -0.2) is 10.1 Å². The Morgan fingerprint density at radius 3 is 2.19 bits per heavy atom. The minimum absolute atomic E-state index is 0.138. The molecule has 0 radical (unpaired) electrons. The maximum Gasteiger partial charge on any atom is 0.269 e. The second-order valence-electron chi connectivity index (χ2n) is 12.5. The summed E-state index contributed by atoms with van der Waals surface area (Å²) >= 11 is 1.88. The number of piperidine rings is 1. The zero-order valence-electron chi connectivity index (χ0n) is 25.2. The molecular weight excluding hydrogens is 547 g/mol. The molecule has 1 fully saturated rings. The first-order valence-electron chi connectivity index (χ1n) is 15.3. The molecule has 6 rings (SSSR count). The molecule has 4 nitrogen and oxygen atoms in total. The van der Waals surface area contributed by atoms with E-state index < -0.39 is 0 Å². The van der Waals surface area contributed by atoms with Gasteiger partial charge in [-0.2, -0.15) is 0 Å². The predicted octanol–water partition coefficient (Wildman–Crippen LogP) is 10.6. The molecule has 3 heterocycles. The lowest BCUT2D eigenvalue weighted by Crippen LogP contribution is -2.28. The lowest BCUT2D eigenvalue weighted by atomic mass is 9.82. The number of rotatable bonds is 4. The largest absolute Gasteiger partial charge is 0.461 e. The van der Waals surface area contributed by atoms with Crippen molar-refractivity contribution in [1.82, 2.24) is 0 Å². The van der Waals surface area contributed by atoms with E-state index in [4.69, 9.17) is 11.3 Å². The molecule has 0 unspecified atom stereocenters. The summed E-state index contributed by atoms with van der Waals surface area (Å²) in [5.74, 6) is 1.62. The van der Waals surface area contributed by atoms with Crippen LogP contribution >= 0.6 is 11.3 Å². The quantitative estimate of drug-likeness (QED) is 0.227. The van der Waals surface area contributed by atoms with E-state index in [0.29, 0.717) is 0 Å². The number of ether oxygens (including phenoxy) is 1. The van der Waals surface area contributed by atoms with Crippen LogP contribution in [-0.4, -0.2) is 13.1 Å². The molecule has 0 N–H and O–H groups in total. The number of nitrogens with zero attached hydrogens (tertiary/aromatic N) is 3. The molecule has 216 valence electrons. The Labute approximate surface area is 259 Å². The maximum atomic E-state index is 9.85. The van der Waals surface area contributed by atoms with Crippen molar-refractivity contribution in [3.8, 4) is 28.3 Å². The van der Waals surface area contributed by atoms with Crippen molar-refractivity contribution in [2.45, 2.75) is 59.3 Å². The lowest BCUT2D eigenvalue weighted by Gasteiger charge is -2.33. The van der Waals surface area contributed by atoms with Crippen LogP contribution in [0.4, 0.5) is 5.00 Å². The standard InChI is InChI=1S/C38H37N3OS/c1-38(2,3)33-24-30(31(25-39)40-4)29-20-14-19-28(36(29)42-33)23-32-34(26-15-8-5-9-16-26)35(27-17-10-6-11-18-27)37(43-32)41-21-12-7-13-22-41/h5-6,8-11,15-18,23-24H,7,12-14,19-22H2,1-3H3. The highest BCUT2D eigenvalue weighted by Crippen LogP contribution is 2.51. The third-order valence-corrected chi connectivity index (χ3v) is 9.65. The number of allylic oxidation sites excluding steroid dienone is 6. The van der Waals surface area contributed by atoms with Crippen LogP contribution in [0.1, 0.15) is 64.2 Å². The highest BCUT2D eigenvalue weighted by Gasteiger charge is 2.33. The van der Waals surface area contributed by atoms with Crippen LogP contribution in [-0.2, 0) is 4.74 Å². The topological polar surface area (TPSA) is 40.6 Å². The molecule has 0 bridgehead atoms. The zero-order chi connectivity index (χ0) is 30.0. The third kappa shape index (κ3) is 5.71. The van der Waals surface area contributed by atoms with E-state index in [2.05, 4.69) is 103 Å². The minimum atomic E-state index is -0.269. The highest BCUT2D eigenvalue weighted by molar-refractivity contribution is 7.18. The average molecular weight is 584 g/mol. The van der Waals surface area contributed by atoms with Crippen molar-refractivity contribution in [3.63, 3.8) is 0 Å². The fraction of sp³-hybridized carbons (Fsp3) is 0.316. The number of hydrogen-bond acceptors (Lipinski definition) is 4. The first kappa shape index (κ1) is 28.8. The summed E-state index contributed by atoms with van der Waals surface area (Å²) in [6, 6.07) is 23.7. The summed E-state index contributed by atoms with van der Waals surface area (Å²) in [5.41, 5.74) is 7.72. The fourth-order valence-corrected chi connectivity index (χ4v) is 7.63. The van der Waals surface area contributed by atoms with Gasteiger partial charge in [0.15, 0.2) is 0 Å². The number of hydrogen-bond donors (Lipinski definition) is 0. The average Bonchev–Trinajstić information content (AvgIpc) is 3.41. The summed E-state index contributed by atoms with van der Waals surface area (Å²) in [4.78, 5) is 7.42. The van der Waals surface area contributed by atoms with Gasteiger partial charge < -0.3 is 9.64 Å². The molecule has 2 aromatic carbocycles. The van der Waals surface area contributed by atoms with E-state index >= 15 is 0 Å². The van der Waals surface area contributed by atoms with Crippen molar-refractivity contribution in [2.24, 2.45) is 5.41 Å². The van der Waals surface area contributed by atoms with Gasteiger partial charge in [-0.3, -0.25) is 0 Å². The Hall–Kier alpha value is -4.32. The molecule has 1 aliphatic carbocycles. The summed E-state index contributed by atoms with van der Waals surface area (Å²) in [6.45, 7) is 16.2. The monoisotopic (exact) mass is 583 g/mol. The van der Waals surface area contributed by atoms with Crippen LogP contribution in [0.15, 0.2) is 101 Å². The van der Waals surface area contributed by atoms with E-state index in [1.807, 2.05) is 17.4 Å². The Kier molecular flexibility index (Phi) is 8.11.